The molecule has 0 bridgehead atoms. The first-order valence-electron chi connectivity index (χ1n) is 9.19. The van der Waals surface area contributed by atoms with Crippen molar-refractivity contribution in [3.8, 4) is 0 Å². The monoisotopic (exact) mass is 332 g/mol. The molecule has 3 rings (SSSR count). The second-order valence-electron chi connectivity index (χ2n) is 6.98. The van der Waals surface area contributed by atoms with Gasteiger partial charge in [-0.3, -0.25) is 9.59 Å². The van der Waals surface area contributed by atoms with E-state index in [0.29, 0.717) is 26.1 Å². The first-order valence-corrected chi connectivity index (χ1v) is 9.19. The van der Waals surface area contributed by atoms with Crippen molar-refractivity contribution in [1.82, 2.24) is 19.4 Å². The molecule has 1 atom stereocenters. The van der Waals surface area contributed by atoms with Crippen molar-refractivity contribution in [1.29, 1.82) is 0 Å². The molecule has 2 saturated heterocycles. The van der Waals surface area contributed by atoms with Crippen molar-refractivity contribution in [3.63, 3.8) is 0 Å². The predicted octanol–water partition coefficient (Wildman–Crippen LogP) is 1.83. The summed E-state index contributed by atoms with van der Waals surface area (Å²) in [5.74, 6) is 1.34. The number of rotatable bonds is 4. The number of aromatic nitrogens is 2. The summed E-state index contributed by atoms with van der Waals surface area (Å²) in [5.41, 5.74) is 0. The van der Waals surface area contributed by atoms with Crippen LogP contribution in [0.3, 0.4) is 0 Å². The van der Waals surface area contributed by atoms with Crippen molar-refractivity contribution in [2.45, 2.75) is 52.0 Å². The Kier molecular flexibility index (Phi) is 5.53. The van der Waals surface area contributed by atoms with E-state index in [9.17, 15) is 9.59 Å². The number of hydrogen-bond donors (Lipinski definition) is 0. The molecule has 6 nitrogen and oxygen atoms in total. The molecule has 1 unspecified atom stereocenters. The molecule has 2 amide bonds. The molecule has 0 N–H and O–H groups in total. The quantitative estimate of drug-likeness (QED) is 0.845. The van der Waals surface area contributed by atoms with Gasteiger partial charge in [-0.2, -0.15) is 0 Å². The van der Waals surface area contributed by atoms with Gasteiger partial charge >= 0.3 is 0 Å². The smallest absolute Gasteiger partial charge is 0.227 e. The van der Waals surface area contributed by atoms with Crippen LogP contribution in [-0.4, -0.2) is 57.3 Å². The minimum atomic E-state index is 0.00188. The summed E-state index contributed by atoms with van der Waals surface area (Å²) >= 11 is 0. The molecule has 6 heteroatoms. The van der Waals surface area contributed by atoms with E-state index in [1.54, 1.807) is 6.20 Å². The fourth-order valence-corrected chi connectivity index (χ4v) is 3.75. The van der Waals surface area contributed by atoms with Crippen molar-refractivity contribution in [2.24, 2.45) is 5.92 Å². The maximum absolute atomic E-state index is 12.7. The molecule has 2 fully saturated rings. The highest BCUT2D eigenvalue weighted by Crippen LogP contribution is 2.21. The van der Waals surface area contributed by atoms with Gasteiger partial charge in [0, 0.05) is 51.5 Å². The van der Waals surface area contributed by atoms with Crippen molar-refractivity contribution >= 4 is 11.8 Å². The fraction of sp³-hybridized carbons (Fsp3) is 0.722. The molecule has 0 spiro atoms. The first-order chi connectivity index (χ1) is 11.6. The largest absolute Gasteiger partial charge is 0.342 e. The summed E-state index contributed by atoms with van der Waals surface area (Å²) in [4.78, 5) is 33.2. The van der Waals surface area contributed by atoms with Gasteiger partial charge in [0.05, 0.1) is 5.92 Å². The Morgan fingerprint density at radius 2 is 1.88 bits per heavy atom. The van der Waals surface area contributed by atoms with Crippen LogP contribution < -0.4 is 0 Å². The van der Waals surface area contributed by atoms with Gasteiger partial charge in [0.1, 0.15) is 5.82 Å². The van der Waals surface area contributed by atoms with Gasteiger partial charge in [-0.05, 0) is 26.2 Å². The maximum atomic E-state index is 12.7. The van der Waals surface area contributed by atoms with Gasteiger partial charge in [-0.15, -0.1) is 0 Å². The Bertz CT molecular complexity index is 575. The van der Waals surface area contributed by atoms with Gasteiger partial charge in [0.15, 0.2) is 0 Å². The number of aryl methyl sites for hydroxylation is 2. The average molecular weight is 332 g/mol. The minimum absolute atomic E-state index is 0.00188. The predicted molar refractivity (Wildman–Crippen MR) is 91.3 cm³/mol. The van der Waals surface area contributed by atoms with Crippen LogP contribution in [0.5, 0.6) is 0 Å². The second kappa shape index (κ2) is 7.81. The highest BCUT2D eigenvalue weighted by Gasteiger charge is 2.33. The lowest BCUT2D eigenvalue weighted by atomic mass is 10.1. The van der Waals surface area contributed by atoms with E-state index in [1.165, 1.54) is 12.8 Å². The van der Waals surface area contributed by atoms with E-state index < -0.39 is 0 Å². The zero-order valence-electron chi connectivity index (χ0n) is 14.6. The minimum Gasteiger partial charge on any atom is -0.342 e. The highest BCUT2D eigenvalue weighted by molar-refractivity contribution is 5.82. The second-order valence-corrected chi connectivity index (χ2v) is 6.98. The molecule has 2 aliphatic rings. The van der Waals surface area contributed by atoms with E-state index in [-0.39, 0.29) is 17.7 Å². The standard InChI is InChI=1S/C18H28N4O2/c1-15-19-8-13-20(15)12-7-17(23)22-11-6-16(14-22)18(24)21-9-4-2-3-5-10-21/h8,13,16H,2-7,9-12,14H2,1H3. The molecule has 0 saturated carbocycles. The molecule has 132 valence electrons. The number of carbonyl (C=O) groups excluding carboxylic acids is 2. The van der Waals surface area contributed by atoms with Gasteiger partial charge in [-0.1, -0.05) is 12.8 Å². The Balaban J connectivity index is 1.48. The Labute approximate surface area is 143 Å². The number of amides is 2. The van der Waals surface area contributed by atoms with Crippen LogP contribution in [0.25, 0.3) is 0 Å². The molecule has 1 aromatic heterocycles. The summed E-state index contributed by atoms with van der Waals surface area (Å²) < 4.78 is 1.99. The molecule has 0 radical (unpaired) electrons. The number of hydrogen-bond acceptors (Lipinski definition) is 3. The molecule has 0 aliphatic carbocycles. The molecule has 1 aromatic rings. The lowest BCUT2D eigenvalue weighted by molar-refractivity contribution is -0.135. The summed E-state index contributed by atoms with van der Waals surface area (Å²) in [6.07, 6.45) is 9.63. The summed E-state index contributed by atoms with van der Waals surface area (Å²) in [6, 6.07) is 0. The Morgan fingerprint density at radius 1 is 1.12 bits per heavy atom. The molecular weight excluding hydrogens is 304 g/mol. The van der Waals surface area contributed by atoms with Crippen molar-refractivity contribution in [2.75, 3.05) is 26.2 Å². The molecule has 24 heavy (non-hydrogen) atoms. The fourth-order valence-electron chi connectivity index (χ4n) is 3.75. The SMILES string of the molecule is Cc1nccn1CCC(=O)N1CCC(C(=O)N2CCCCCC2)C1. The molecule has 3 heterocycles. The van der Waals surface area contributed by atoms with Gasteiger partial charge in [0.25, 0.3) is 0 Å². The van der Waals surface area contributed by atoms with Crippen LogP contribution >= 0.6 is 0 Å². The summed E-state index contributed by atoms with van der Waals surface area (Å²) in [6.45, 7) is 5.69. The number of likely N-dealkylation sites (tertiary alicyclic amines) is 2. The van der Waals surface area contributed by atoms with Crippen LogP contribution in [0.1, 0.15) is 44.3 Å². The first kappa shape index (κ1) is 17.0. The van der Waals surface area contributed by atoms with E-state index in [1.807, 2.05) is 27.5 Å². The Morgan fingerprint density at radius 3 is 2.54 bits per heavy atom. The average Bonchev–Trinajstić information content (AvgIpc) is 3.14. The Hall–Kier alpha value is -1.85. The van der Waals surface area contributed by atoms with Crippen LogP contribution in [-0.2, 0) is 16.1 Å². The number of imidazole rings is 1. The number of nitrogens with zero attached hydrogens (tertiary/aromatic N) is 4. The van der Waals surface area contributed by atoms with Gasteiger partial charge in [-0.25, -0.2) is 4.98 Å². The van der Waals surface area contributed by atoms with Gasteiger partial charge < -0.3 is 14.4 Å². The van der Waals surface area contributed by atoms with Crippen LogP contribution in [0.4, 0.5) is 0 Å². The van der Waals surface area contributed by atoms with Crippen LogP contribution in [0, 0.1) is 12.8 Å². The maximum Gasteiger partial charge on any atom is 0.227 e. The van der Waals surface area contributed by atoms with E-state index in [4.69, 9.17) is 0 Å². The molecular formula is C18H28N4O2. The van der Waals surface area contributed by atoms with Crippen LogP contribution in [0.2, 0.25) is 0 Å². The summed E-state index contributed by atoms with van der Waals surface area (Å²) in [5, 5.41) is 0. The zero-order chi connectivity index (χ0) is 16.9. The normalized spacial score (nSPS) is 21.8. The van der Waals surface area contributed by atoms with Crippen molar-refractivity contribution < 1.29 is 9.59 Å². The van der Waals surface area contributed by atoms with E-state index in [2.05, 4.69) is 4.98 Å². The summed E-state index contributed by atoms with van der Waals surface area (Å²) in [7, 11) is 0. The van der Waals surface area contributed by atoms with Crippen molar-refractivity contribution in [3.05, 3.63) is 18.2 Å². The molecule has 0 aromatic carbocycles. The lowest BCUT2D eigenvalue weighted by Crippen LogP contribution is -2.38. The lowest BCUT2D eigenvalue weighted by Gasteiger charge is -2.24. The third-order valence-electron chi connectivity index (χ3n) is 5.30. The topological polar surface area (TPSA) is 58.4 Å². The highest BCUT2D eigenvalue weighted by atomic mass is 16.2. The van der Waals surface area contributed by atoms with E-state index in [0.717, 1.165) is 38.2 Å². The zero-order valence-corrected chi connectivity index (χ0v) is 14.6. The third-order valence-corrected chi connectivity index (χ3v) is 5.30. The van der Waals surface area contributed by atoms with Crippen LogP contribution in [0.15, 0.2) is 12.4 Å². The van der Waals surface area contributed by atoms with Gasteiger partial charge in [0.2, 0.25) is 11.8 Å². The number of carbonyl (C=O) groups is 2. The molecule has 2 aliphatic heterocycles. The van der Waals surface area contributed by atoms with E-state index >= 15 is 0 Å². The third kappa shape index (κ3) is 3.97.